The van der Waals surface area contributed by atoms with Crippen molar-refractivity contribution in [2.24, 2.45) is 0 Å². The van der Waals surface area contributed by atoms with E-state index in [9.17, 15) is 9.18 Å². The Hall–Kier alpha value is -0.670. The normalized spacial score (nSPS) is 9.57. The van der Waals surface area contributed by atoms with Gasteiger partial charge in [-0.25, -0.2) is 4.39 Å². The van der Waals surface area contributed by atoms with E-state index in [1.807, 2.05) is 22.6 Å². The molecule has 0 aromatic heterocycles. The van der Waals surface area contributed by atoms with Gasteiger partial charge < -0.3 is 0 Å². The highest BCUT2D eigenvalue weighted by molar-refractivity contribution is 14.1. The predicted octanol–water partition coefficient (Wildman–Crippen LogP) is 2.72. The zero-order valence-corrected chi connectivity index (χ0v) is 9.76. The van der Waals surface area contributed by atoms with E-state index in [-0.39, 0.29) is 17.0 Å². The van der Waals surface area contributed by atoms with Gasteiger partial charge in [0.25, 0.3) is 0 Å². The van der Waals surface area contributed by atoms with Crippen LogP contribution < -0.4 is 0 Å². The number of carbonyl (C=O) groups is 1. The fraction of sp³-hybridized carbons (Fsp3) is 0.111. The number of ketones is 1. The number of nitriles is 1. The van der Waals surface area contributed by atoms with Crippen LogP contribution >= 0.6 is 34.2 Å². The van der Waals surface area contributed by atoms with Crippen LogP contribution in [0.25, 0.3) is 0 Å². The molecule has 0 unspecified atom stereocenters. The van der Waals surface area contributed by atoms with Crippen molar-refractivity contribution in [2.75, 3.05) is 5.88 Å². The first-order chi connectivity index (χ1) is 6.61. The van der Waals surface area contributed by atoms with Crippen molar-refractivity contribution in [3.05, 3.63) is 32.6 Å². The molecule has 1 rings (SSSR count). The zero-order chi connectivity index (χ0) is 10.7. The zero-order valence-electron chi connectivity index (χ0n) is 6.85. The quantitative estimate of drug-likeness (QED) is 0.477. The van der Waals surface area contributed by atoms with Gasteiger partial charge in [-0.15, -0.1) is 11.6 Å². The van der Waals surface area contributed by atoms with E-state index in [1.54, 1.807) is 6.07 Å². The van der Waals surface area contributed by atoms with E-state index in [0.717, 1.165) is 0 Å². The molecule has 1 aromatic rings. The molecule has 5 heteroatoms. The van der Waals surface area contributed by atoms with Gasteiger partial charge in [-0.1, -0.05) is 0 Å². The number of benzene rings is 1. The molecule has 0 aliphatic carbocycles. The van der Waals surface area contributed by atoms with Crippen molar-refractivity contribution in [3.63, 3.8) is 0 Å². The lowest BCUT2D eigenvalue weighted by Gasteiger charge is -2.02. The standard InChI is InChI=1S/C9H4ClFINO/c10-3-8(14)5-1-2-7(12)6(4-13)9(5)11/h1-2H,3H2. The topological polar surface area (TPSA) is 40.9 Å². The lowest BCUT2D eigenvalue weighted by Crippen LogP contribution is -2.06. The average Bonchev–Trinajstić information content (AvgIpc) is 2.18. The summed E-state index contributed by atoms with van der Waals surface area (Å²) in [5.41, 5.74) is -0.237. The lowest BCUT2D eigenvalue weighted by molar-refractivity contribution is 0.101. The molecule has 0 heterocycles. The number of hydrogen-bond donors (Lipinski definition) is 0. The summed E-state index contributed by atoms with van der Waals surface area (Å²) < 4.78 is 13.9. The molecule has 0 saturated heterocycles. The summed E-state index contributed by atoms with van der Waals surface area (Å²) in [5, 5.41) is 8.64. The SMILES string of the molecule is N#Cc1c(I)ccc(C(=O)CCl)c1F. The van der Waals surface area contributed by atoms with Gasteiger partial charge >= 0.3 is 0 Å². The Kier molecular flexibility index (Phi) is 3.84. The molecule has 0 saturated carbocycles. The summed E-state index contributed by atoms with van der Waals surface area (Å²) in [6.07, 6.45) is 0. The molecular weight excluding hydrogens is 319 g/mol. The highest BCUT2D eigenvalue weighted by atomic mass is 127. The number of hydrogen-bond acceptors (Lipinski definition) is 2. The van der Waals surface area contributed by atoms with E-state index in [4.69, 9.17) is 16.9 Å². The van der Waals surface area contributed by atoms with Crippen molar-refractivity contribution in [3.8, 4) is 6.07 Å². The second-order valence-electron chi connectivity index (χ2n) is 2.45. The van der Waals surface area contributed by atoms with Crippen LogP contribution in [0.15, 0.2) is 12.1 Å². The molecule has 0 radical (unpaired) electrons. The van der Waals surface area contributed by atoms with E-state index >= 15 is 0 Å². The first-order valence-corrected chi connectivity index (χ1v) is 5.20. The van der Waals surface area contributed by atoms with E-state index in [2.05, 4.69) is 0 Å². The Morgan fingerprint density at radius 3 is 2.79 bits per heavy atom. The van der Waals surface area contributed by atoms with Gasteiger partial charge in [-0.2, -0.15) is 5.26 Å². The first kappa shape index (κ1) is 11.4. The van der Waals surface area contributed by atoms with E-state index < -0.39 is 11.6 Å². The van der Waals surface area contributed by atoms with Gasteiger partial charge in [0.05, 0.1) is 11.4 Å². The summed E-state index contributed by atoms with van der Waals surface area (Å²) in [5.74, 6) is -1.59. The highest BCUT2D eigenvalue weighted by Crippen LogP contribution is 2.19. The molecule has 0 fully saturated rings. The minimum Gasteiger partial charge on any atom is -0.293 e. The smallest absolute Gasteiger partial charge is 0.180 e. The Morgan fingerprint density at radius 1 is 1.64 bits per heavy atom. The lowest BCUT2D eigenvalue weighted by atomic mass is 10.1. The van der Waals surface area contributed by atoms with Crippen LogP contribution in [0.5, 0.6) is 0 Å². The van der Waals surface area contributed by atoms with Gasteiger partial charge in [-0.3, -0.25) is 4.79 Å². The third-order valence-electron chi connectivity index (χ3n) is 1.62. The van der Waals surface area contributed by atoms with Crippen LogP contribution in [0.1, 0.15) is 15.9 Å². The molecule has 0 atom stereocenters. The molecule has 0 amide bonds. The Morgan fingerprint density at radius 2 is 2.29 bits per heavy atom. The molecule has 0 bridgehead atoms. The summed E-state index contributed by atoms with van der Waals surface area (Å²) in [6.45, 7) is 0. The van der Waals surface area contributed by atoms with Crippen molar-refractivity contribution in [1.82, 2.24) is 0 Å². The number of alkyl halides is 1. The van der Waals surface area contributed by atoms with Crippen LogP contribution in [-0.4, -0.2) is 11.7 Å². The van der Waals surface area contributed by atoms with Crippen molar-refractivity contribution < 1.29 is 9.18 Å². The molecule has 0 aliphatic heterocycles. The van der Waals surface area contributed by atoms with Gasteiger partial charge in [0, 0.05) is 3.57 Å². The molecule has 2 nitrogen and oxygen atoms in total. The van der Waals surface area contributed by atoms with E-state index in [1.165, 1.54) is 12.1 Å². The monoisotopic (exact) mass is 323 g/mol. The van der Waals surface area contributed by atoms with Crippen molar-refractivity contribution in [1.29, 1.82) is 5.26 Å². The Balaban J connectivity index is 3.37. The minimum absolute atomic E-state index is 0.110. The van der Waals surface area contributed by atoms with Gasteiger partial charge in [-0.05, 0) is 34.7 Å². The molecule has 0 N–H and O–H groups in total. The highest BCUT2D eigenvalue weighted by Gasteiger charge is 2.16. The Labute approximate surface area is 98.8 Å². The van der Waals surface area contributed by atoms with Gasteiger partial charge in [0.2, 0.25) is 0 Å². The number of halogens is 3. The summed E-state index contributed by atoms with van der Waals surface area (Å²) in [4.78, 5) is 11.1. The summed E-state index contributed by atoms with van der Waals surface area (Å²) in [7, 11) is 0. The summed E-state index contributed by atoms with van der Waals surface area (Å²) in [6, 6.07) is 4.56. The van der Waals surface area contributed by atoms with E-state index in [0.29, 0.717) is 3.57 Å². The van der Waals surface area contributed by atoms with Gasteiger partial charge in [0.1, 0.15) is 11.6 Å². The maximum Gasteiger partial charge on any atom is 0.180 e. The number of Topliss-reactive ketones (excluding diaryl/α,β-unsaturated/α-hetero) is 1. The van der Waals surface area contributed by atoms with Crippen LogP contribution in [-0.2, 0) is 0 Å². The molecule has 1 aromatic carbocycles. The Bertz CT molecular complexity index is 428. The molecule has 14 heavy (non-hydrogen) atoms. The molecular formula is C9H4ClFINO. The molecule has 0 spiro atoms. The second kappa shape index (κ2) is 4.71. The predicted molar refractivity (Wildman–Crippen MR) is 58.9 cm³/mol. The first-order valence-electron chi connectivity index (χ1n) is 3.59. The number of carbonyl (C=O) groups excluding carboxylic acids is 1. The molecule has 72 valence electrons. The molecule has 0 aliphatic rings. The maximum atomic E-state index is 13.5. The van der Waals surface area contributed by atoms with Crippen LogP contribution in [0.3, 0.4) is 0 Å². The fourth-order valence-electron chi connectivity index (χ4n) is 0.942. The third kappa shape index (κ3) is 2.04. The maximum absolute atomic E-state index is 13.5. The van der Waals surface area contributed by atoms with Crippen molar-refractivity contribution in [2.45, 2.75) is 0 Å². The van der Waals surface area contributed by atoms with Crippen LogP contribution in [0.2, 0.25) is 0 Å². The second-order valence-corrected chi connectivity index (χ2v) is 3.88. The van der Waals surface area contributed by atoms with Crippen molar-refractivity contribution >= 4 is 40.0 Å². The fourth-order valence-corrected chi connectivity index (χ4v) is 1.62. The largest absolute Gasteiger partial charge is 0.293 e. The average molecular weight is 323 g/mol. The summed E-state index contributed by atoms with van der Waals surface area (Å²) >= 11 is 7.12. The number of nitrogens with zero attached hydrogens (tertiary/aromatic N) is 1. The minimum atomic E-state index is -0.787. The third-order valence-corrected chi connectivity index (χ3v) is 2.77. The van der Waals surface area contributed by atoms with Crippen LogP contribution in [0.4, 0.5) is 4.39 Å². The number of rotatable bonds is 2. The van der Waals surface area contributed by atoms with Gasteiger partial charge in [0.15, 0.2) is 11.6 Å². The van der Waals surface area contributed by atoms with Crippen LogP contribution in [0, 0.1) is 20.7 Å².